The Morgan fingerprint density at radius 1 is 1.42 bits per heavy atom. The fourth-order valence-corrected chi connectivity index (χ4v) is 1.64. The maximum atomic E-state index is 11.2. The average molecular weight is 268 g/mol. The standard InChI is InChI=1S/C13H16O6/c1-2-19-12(17)6-11(16)13(18)10-4-3-9(15)5-8(10)7-14/h3-5,7,11,13,15-16,18H,2,6H2,1H3. The molecule has 0 heterocycles. The fraction of sp³-hybridized carbons (Fsp3) is 0.385. The van der Waals surface area contributed by atoms with E-state index >= 15 is 0 Å². The summed E-state index contributed by atoms with van der Waals surface area (Å²) in [4.78, 5) is 22.0. The number of carbonyl (C=O) groups excluding carboxylic acids is 2. The molecule has 0 aromatic heterocycles. The monoisotopic (exact) mass is 268 g/mol. The van der Waals surface area contributed by atoms with Gasteiger partial charge in [0.2, 0.25) is 0 Å². The second-order valence-corrected chi connectivity index (χ2v) is 3.95. The van der Waals surface area contributed by atoms with Crippen LogP contribution in [0.15, 0.2) is 18.2 Å². The maximum Gasteiger partial charge on any atom is 0.308 e. The number of phenols is 1. The normalized spacial score (nSPS) is 13.6. The van der Waals surface area contributed by atoms with E-state index in [9.17, 15) is 24.9 Å². The molecule has 0 saturated heterocycles. The van der Waals surface area contributed by atoms with Crippen molar-refractivity contribution in [1.29, 1.82) is 0 Å². The van der Waals surface area contributed by atoms with Gasteiger partial charge in [-0.2, -0.15) is 0 Å². The van der Waals surface area contributed by atoms with Crippen molar-refractivity contribution in [3.63, 3.8) is 0 Å². The minimum atomic E-state index is -1.41. The molecule has 2 atom stereocenters. The van der Waals surface area contributed by atoms with Crippen LogP contribution in [0.3, 0.4) is 0 Å². The Kier molecular flexibility index (Phi) is 5.47. The predicted octanol–water partition coefficient (Wildman–Crippen LogP) is 0.552. The van der Waals surface area contributed by atoms with Crippen LogP contribution >= 0.6 is 0 Å². The number of hydrogen-bond acceptors (Lipinski definition) is 6. The lowest BCUT2D eigenvalue weighted by Crippen LogP contribution is -2.24. The first-order chi connectivity index (χ1) is 8.99. The first kappa shape index (κ1) is 15.1. The number of aliphatic hydroxyl groups excluding tert-OH is 2. The van der Waals surface area contributed by atoms with E-state index in [4.69, 9.17) is 0 Å². The van der Waals surface area contributed by atoms with Crippen molar-refractivity contribution >= 4 is 12.3 Å². The highest BCUT2D eigenvalue weighted by atomic mass is 16.5. The molecule has 1 aromatic carbocycles. The summed E-state index contributed by atoms with van der Waals surface area (Å²) in [5, 5.41) is 28.9. The second-order valence-electron chi connectivity index (χ2n) is 3.95. The van der Waals surface area contributed by atoms with Crippen molar-refractivity contribution in [3.05, 3.63) is 29.3 Å². The third-order valence-electron chi connectivity index (χ3n) is 2.56. The van der Waals surface area contributed by atoms with Crippen molar-refractivity contribution in [2.45, 2.75) is 25.6 Å². The number of aldehydes is 1. The number of aliphatic hydroxyl groups is 2. The fourth-order valence-electron chi connectivity index (χ4n) is 1.64. The molecule has 0 bridgehead atoms. The van der Waals surface area contributed by atoms with Gasteiger partial charge in [0.05, 0.1) is 19.1 Å². The third-order valence-corrected chi connectivity index (χ3v) is 2.56. The van der Waals surface area contributed by atoms with E-state index in [1.807, 2.05) is 0 Å². The molecule has 0 aliphatic heterocycles. The largest absolute Gasteiger partial charge is 0.508 e. The van der Waals surface area contributed by atoms with Crippen LogP contribution in [-0.2, 0) is 9.53 Å². The van der Waals surface area contributed by atoms with Gasteiger partial charge < -0.3 is 20.1 Å². The van der Waals surface area contributed by atoms with Crippen LogP contribution in [0.2, 0.25) is 0 Å². The van der Waals surface area contributed by atoms with Crippen LogP contribution < -0.4 is 0 Å². The van der Waals surface area contributed by atoms with Gasteiger partial charge in [0, 0.05) is 5.56 Å². The number of phenolic OH excluding ortho intramolecular Hbond substituents is 1. The highest BCUT2D eigenvalue weighted by Crippen LogP contribution is 2.25. The van der Waals surface area contributed by atoms with Gasteiger partial charge in [-0.3, -0.25) is 9.59 Å². The van der Waals surface area contributed by atoms with Crippen molar-refractivity contribution in [2.24, 2.45) is 0 Å². The Morgan fingerprint density at radius 3 is 2.68 bits per heavy atom. The quantitative estimate of drug-likeness (QED) is 0.514. The zero-order chi connectivity index (χ0) is 14.4. The molecule has 0 radical (unpaired) electrons. The molecule has 19 heavy (non-hydrogen) atoms. The Balaban J connectivity index is 2.84. The molecule has 0 saturated carbocycles. The number of aromatic hydroxyl groups is 1. The average Bonchev–Trinajstić information content (AvgIpc) is 2.37. The van der Waals surface area contributed by atoms with Crippen molar-refractivity contribution < 1.29 is 29.6 Å². The number of carbonyl (C=O) groups is 2. The summed E-state index contributed by atoms with van der Waals surface area (Å²) in [7, 11) is 0. The minimum Gasteiger partial charge on any atom is -0.508 e. The molecule has 0 aliphatic rings. The molecule has 104 valence electrons. The lowest BCUT2D eigenvalue weighted by Gasteiger charge is -2.18. The highest BCUT2D eigenvalue weighted by molar-refractivity contribution is 5.78. The molecule has 3 N–H and O–H groups in total. The van der Waals surface area contributed by atoms with E-state index in [1.54, 1.807) is 6.92 Å². The van der Waals surface area contributed by atoms with Gasteiger partial charge in [0.25, 0.3) is 0 Å². The van der Waals surface area contributed by atoms with Crippen molar-refractivity contribution in [2.75, 3.05) is 6.61 Å². The van der Waals surface area contributed by atoms with Gasteiger partial charge in [-0.15, -0.1) is 0 Å². The summed E-state index contributed by atoms with van der Waals surface area (Å²) in [6.45, 7) is 1.81. The predicted molar refractivity (Wildman–Crippen MR) is 65.7 cm³/mol. The first-order valence-electron chi connectivity index (χ1n) is 5.79. The Labute approximate surface area is 110 Å². The Hall–Kier alpha value is -1.92. The number of ether oxygens (including phenoxy) is 1. The summed E-state index contributed by atoms with van der Waals surface area (Å²) >= 11 is 0. The van der Waals surface area contributed by atoms with Gasteiger partial charge in [-0.05, 0) is 24.6 Å². The summed E-state index contributed by atoms with van der Waals surface area (Å²) in [6, 6.07) is 3.77. The smallest absolute Gasteiger partial charge is 0.308 e. The van der Waals surface area contributed by atoms with Gasteiger partial charge in [-0.25, -0.2) is 0 Å². The molecule has 0 fully saturated rings. The zero-order valence-electron chi connectivity index (χ0n) is 10.4. The second kappa shape index (κ2) is 6.86. The summed E-state index contributed by atoms with van der Waals surface area (Å²) in [6.07, 6.45) is -2.73. The zero-order valence-corrected chi connectivity index (χ0v) is 10.4. The molecular weight excluding hydrogens is 252 g/mol. The van der Waals surface area contributed by atoms with E-state index in [-0.39, 0.29) is 29.9 Å². The topological polar surface area (TPSA) is 104 Å². The van der Waals surface area contributed by atoms with Gasteiger partial charge >= 0.3 is 5.97 Å². The van der Waals surface area contributed by atoms with Crippen LogP contribution in [0.4, 0.5) is 0 Å². The van der Waals surface area contributed by atoms with Crippen LogP contribution in [0.1, 0.15) is 35.4 Å². The maximum absolute atomic E-state index is 11.2. The molecule has 1 rings (SSSR count). The van der Waals surface area contributed by atoms with Gasteiger partial charge in [0.15, 0.2) is 6.29 Å². The highest BCUT2D eigenvalue weighted by Gasteiger charge is 2.24. The number of rotatable bonds is 6. The van der Waals surface area contributed by atoms with E-state index < -0.39 is 18.2 Å². The number of benzene rings is 1. The molecule has 0 amide bonds. The SMILES string of the molecule is CCOC(=O)CC(O)C(O)c1ccc(O)cc1C=O. The lowest BCUT2D eigenvalue weighted by atomic mass is 9.97. The Bertz CT molecular complexity index is 456. The van der Waals surface area contributed by atoms with Crippen molar-refractivity contribution in [1.82, 2.24) is 0 Å². The van der Waals surface area contributed by atoms with E-state index in [0.29, 0.717) is 6.29 Å². The van der Waals surface area contributed by atoms with Gasteiger partial charge in [0.1, 0.15) is 11.9 Å². The third kappa shape index (κ3) is 4.04. The van der Waals surface area contributed by atoms with E-state index in [1.165, 1.54) is 18.2 Å². The molecule has 0 spiro atoms. The molecule has 6 heteroatoms. The Morgan fingerprint density at radius 2 is 2.11 bits per heavy atom. The molecular formula is C13H16O6. The first-order valence-corrected chi connectivity index (χ1v) is 5.79. The lowest BCUT2D eigenvalue weighted by molar-refractivity contribution is -0.147. The van der Waals surface area contributed by atoms with E-state index in [2.05, 4.69) is 4.74 Å². The summed E-state index contributed by atoms with van der Waals surface area (Å²) in [5.41, 5.74) is 0.194. The minimum absolute atomic E-state index is 0.0513. The molecule has 0 aliphatic carbocycles. The van der Waals surface area contributed by atoms with E-state index in [0.717, 1.165) is 0 Å². The summed E-state index contributed by atoms with van der Waals surface area (Å²) < 4.78 is 4.65. The number of esters is 1. The van der Waals surface area contributed by atoms with Gasteiger partial charge in [-0.1, -0.05) is 6.07 Å². The van der Waals surface area contributed by atoms with Crippen LogP contribution in [0.25, 0.3) is 0 Å². The number of hydrogen-bond donors (Lipinski definition) is 3. The van der Waals surface area contributed by atoms with Crippen LogP contribution in [0, 0.1) is 0 Å². The molecule has 2 unspecified atom stereocenters. The van der Waals surface area contributed by atoms with Crippen molar-refractivity contribution in [3.8, 4) is 5.75 Å². The molecule has 1 aromatic rings. The van der Waals surface area contributed by atoms with Crippen LogP contribution in [0.5, 0.6) is 5.75 Å². The summed E-state index contributed by atoms with van der Waals surface area (Å²) in [5.74, 6) is -0.765. The molecule has 6 nitrogen and oxygen atoms in total. The van der Waals surface area contributed by atoms with Crippen LogP contribution in [-0.4, -0.2) is 40.3 Å².